The Balaban J connectivity index is 1.46. The third-order valence-corrected chi connectivity index (χ3v) is 4.73. The Labute approximate surface area is 175 Å². The zero-order chi connectivity index (χ0) is 21.4. The minimum absolute atomic E-state index is 0.0118. The van der Waals surface area contributed by atoms with Crippen LogP contribution >= 0.6 is 0 Å². The molecule has 0 unspecified atom stereocenters. The second-order valence-electron chi connectivity index (χ2n) is 6.92. The molecule has 31 heavy (non-hydrogen) atoms. The van der Waals surface area contributed by atoms with Crippen molar-refractivity contribution in [3.05, 3.63) is 84.2 Å². The van der Waals surface area contributed by atoms with Gasteiger partial charge in [0, 0.05) is 17.3 Å². The number of hydrogen-bond donors (Lipinski definition) is 2. The number of carbonyl (C=O) groups is 1. The number of anilines is 1. The smallest absolute Gasteiger partial charge is 0.274 e. The van der Waals surface area contributed by atoms with Crippen LogP contribution in [0, 0.1) is 12.7 Å². The van der Waals surface area contributed by atoms with E-state index in [2.05, 4.69) is 30.6 Å². The molecule has 0 radical (unpaired) electrons. The van der Waals surface area contributed by atoms with Gasteiger partial charge in [-0.25, -0.2) is 13.9 Å². The standard InChI is InChI=1S/C22H16FN7O/c1-13-6-5-9-17(25-13)15-11-24-28-20(15)22(31)26-18-10-19-27-21(14-7-3-2-4-8-14)29-30(19)12-16(18)23/h2-12H,1H3,(H,24,28)(H,26,31). The largest absolute Gasteiger partial charge is 0.318 e. The van der Waals surface area contributed by atoms with Crippen molar-refractivity contribution in [1.29, 1.82) is 0 Å². The number of nitrogens with zero attached hydrogens (tertiary/aromatic N) is 5. The van der Waals surface area contributed by atoms with Gasteiger partial charge >= 0.3 is 0 Å². The lowest BCUT2D eigenvalue weighted by Crippen LogP contribution is -2.15. The van der Waals surface area contributed by atoms with Gasteiger partial charge in [0.15, 0.2) is 17.3 Å². The predicted octanol–water partition coefficient (Wildman–Crippen LogP) is 3.88. The Morgan fingerprint density at radius 2 is 1.94 bits per heavy atom. The highest BCUT2D eigenvalue weighted by atomic mass is 19.1. The fourth-order valence-corrected chi connectivity index (χ4v) is 3.24. The molecule has 9 heteroatoms. The minimum atomic E-state index is -0.639. The highest BCUT2D eigenvalue weighted by Crippen LogP contribution is 2.24. The normalized spacial score (nSPS) is 11.0. The first-order chi connectivity index (χ1) is 15.1. The number of benzene rings is 1. The molecule has 1 amide bonds. The van der Waals surface area contributed by atoms with E-state index in [4.69, 9.17) is 0 Å². The van der Waals surface area contributed by atoms with E-state index in [1.807, 2.05) is 49.4 Å². The first-order valence-electron chi connectivity index (χ1n) is 9.48. The van der Waals surface area contributed by atoms with Crippen molar-refractivity contribution in [2.24, 2.45) is 0 Å². The van der Waals surface area contributed by atoms with E-state index in [1.54, 1.807) is 6.07 Å². The quantitative estimate of drug-likeness (QED) is 0.466. The van der Waals surface area contributed by atoms with E-state index in [9.17, 15) is 9.18 Å². The van der Waals surface area contributed by atoms with Crippen LogP contribution in [0.25, 0.3) is 28.3 Å². The minimum Gasteiger partial charge on any atom is -0.318 e. The second-order valence-corrected chi connectivity index (χ2v) is 6.92. The lowest BCUT2D eigenvalue weighted by molar-refractivity contribution is 0.102. The molecule has 152 valence electrons. The molecule has 4 aromatic heterocycles. The number of carbonyl (C=O) groups excluding carboxylic acids is 1. The fraction of sp³-hybridized carbons (Fsp3) is 0.0455. The maximum atomic E-state index is 14.7. The molecule has 0 aliphatic heterocycles. The van der Waals surface area contributed by atoms with Crippen LogP contribution in [-0.2, 0) is 0 Å². The summed E-state index contributed by atoms with van der Waals surface area (Å²) in [5.41, 5.74) is 3.32. The number of aryl methyl sites for hydroxylation is 1. The van der Waals surface area contributed by atoms with Crippen molar-refractivity contribution in [3.63, 3.8) is 0 Å². The molecule has 1 aromatic carbocycles. The van der Waals surface area contributed by atoms with Crippen LogP contribution in [0.15, 0.2) is 67.0 Å². The summed E-state index contributed by atoms with van der Waals surface area (Å²) >= 11 is 0. The molecule has 2 N–H and O–H groups in total. The molecule has 5 aromatic rings. The molecule has 5 rings (SSSR count). The van der Waals surface area contributed by atoms with Gasteiger partial charge in [-0.05, 0) is 19.1 Å². The zero-order valence-corrected chi connectivity index (χ0v) is 16.4. The molecule has 0 atom stereocenters. The Morgan fingerprint density at radius 1 is 1.10 bits per heavy atom. The van der Waals surface area contributed by atoms with Crippen LogP contribution in [-0.4, -0.2) is 35.7 Å². The average molecular weight is 413 g/mol. The third kappa shape index (κ3) is 3.52. The van der Waals surface area contributed by atoms with E-state index in [0.717, 1.165) is 11.3 Å². The lowest BCUT2D eigenvalue weighted by atomic mass is 10.1. The summed E-state index contributed by atoms with van der Waals surface area (Å²) in [5.74, 6) is -0.716. The molecule has 4 heterocycles. The summed E-state index contributed by atoms with van der Waals surface area (Å²) < 4.78 is 16.0. The third-order valence-electron chi connectivity index (χ3n) is 4.73. The first-order valence-corrected chi connectivity index (χ1v) is 9.48. The van der Waals surface area contributed by atoms with Crippen molar-refractivity contribution in [1.82, 2.24) is 29.8 Å². The number of pyridine rings is 2. The summed E-state index contributed by atoms with van der Waals surface area (Å²) in [6, 6.07) is 16.3. The van der Waals surface area contributed by atoms with Gasteiger partial charge in [0.2, 0.25) is 0 Å². The van der Waals surface area contributed by atoms with E-state index in [0.29, 0.717) is 22.7 Å². The predicted molar refractivity (Wildman–Crippen MR) is 113 cm³/mol. The first kappa shape index (κ1) is 18.6. The Morgan fingerprint density at radius 3 is 2.74 bits per heavy atom. The second kappa shape index (κ2) is 7.45. The van der Waals surface area contributed by atoms with Crippen LogP contribution in [0.4, 0.5) is 10.1 Å². The van der Waals surface area contributed by atoms with Crippen molar-refractivity contribution in [2.75, 3.05) is 5.32 Å². The van der Waals surface area contributed by atoms with E-state index in [1.165, 1.54) is 23.0 Å². The van der Waals surface area contributed by atoms with E-state index in [-0.39, 0.29) is 11.4 Å². The van der Waals surface area contributed by atoms with Gasteiger partial charge in [-0.3, -0.25) is 14.9 Å². The van der Waals surface area contributed by atoms with Crippen molar-refractivity contribution in [2.45, 2.75) is 6.92 Å². The van der Waals surface area contributed by atoms with Crippen molar-refractivity contribution in [3.8, 4) is 22.6 Å². The van der Waals surface area contributed by atoms with Gasteiger partial charge in [-0.2, -0.15) is 5.10 Å². The topological polar surface area (TPSA) is 101 Å². The number of aromatic amines is 1. The molecule has 0 saturated carbocycles. The summed E-state index contributed by atoms with van der Waals surface area (Å²) in [6.45, 7) is 1.86. The number of amides is 1. The van der Waals surface area contributed by atoms with Crippen molar-refractivity contribution >= 4 is 17.2 Å². The summed E-state index contributed by atoms with van der Waals surface area (Å²) in [7, 11) is 0. The van der Waals surface area contributed by atoms with E-state index >= 15 is 0 Å². The van der Waals surface area contributed by atoms with Crippen LogP contribution in [0.1, 0.15) is 16.2 Å². The molecule has 0 aliphatic rings. The Kier molecular flexibility index (Phi) is 4.47. The summed E-state index contributed by atoms with van der Waals surface area (Å²) in [6.07, 6.45) is 2.70. The highest BCUT2D eigenvalue weighted by molar-refractivity contribution is 6.07. The fourth-order valence-electron chi connectivity index (χ4n) is 3.24. The van der Waals surface area contributed by atoms with Gasteiger partial charge in [0.05, 0.1) is 29.3 Å². The monoisotopic (exact) mass is 413 g/mol. The van der Waals surface area contributed by atoms with E-state index < -0.39 is 11.7 Å². The van der Waals surface area contributed by atoms with Crippen LogP contribution < -0.4 is 5.32 Å². The maximum Gasteiger partial charge on any atom is 0.274 e. The average Bonchev–Trinajstić information content (AvgIpc) is 3.42. The van der Waals surface area contributed by atoms with Gasteiger partial charge < -0.3 is 5.32 Å². The number of fused-ring (bicyclic) bond motifs is 1. The Bertz CT molecular complexity index is 1410. The van der Waals surface area contributed by atoms with Crippen LogP contribution in [0.3, 0.4) is 0 Å². The SMILES string of the molecule is Cc1cccc(-c2cn[nH]c2C(=O)Nc2cc3nc(-c4ccccc4)nn3cc2F)n1. The number of rotatable bonds is 4. The van der Waals surface area contributed by atoms with Gasteiger partial charge in [0.1, 0.15) is 5.69 Å². The molecule has 8 nitrogen and oxygen atoms in total. The lowest BCUT2D eigenvalue weighted by Gasteiger charge is -2.07. The molecule has 0 fully saturated rings. The molecule has 0 aliphatic carbocycles. The molecular formula is C22H16FN7O. The summed E-state index contributed by atoms with van der Waals surface area (Å²) in [5, 5.41) is 13.5. The highest BCUT2D eigenvalue weighted by Gasteiger charge is 2.19. The zero-order valence-electron chi connectivity index (χ0n) is 16.4. The van der Waals surface area contributed by atoms with Gasteiger partial charge in [-0.15, -0.1) is 5.10 Å². The molecule has 0 bridgehead atoms. The number of aromatic nitrogens is 6. The maximum absolute atomic E-state index is 14.7. The van der Waals surface area contributed by atoms with Crippen molar-refractivity contribution < 1.29 is 9.18 Å². The Hall–Kier alpha value is -4.40. The van der Waals surface area contributed by atoms with Gasteiger partial charge in [0.25, 0.3) is 5.91 Å². The number of hydrogen-bond acceptors (Lipinski definition) is 5. The number of nitrogens with one attached hydrogen (secondary N) is 2. The van der Waals surface area contributed by atoms with Gasteiger partial charge in [-0.1, -0.05) is 36.4 Å². The number of halogens is 1. The molecule has 0 saturated heterocycles. The molecule has 0 spiro atoms. The van der Waals surface area contributed by atoms with Crippen LogP contribution in [0.5, 0.6) is 0 Å². The number of H-pyrrole nitrogens is 1. The summed E-state index contributed by atoms with van der Waals surface area (Å²) in [4.78, 5) is 21.7. The van der Waals surface area contributed by atoms with Crippen LogP contribution in [0.2, 0.25) is 0 Å². The molecular weight excluding hydrogens is 397 g/mol.